The van der Waals surface area contributed by atoms with Gasteiger partial charge in [0.15, 0.2) is 0 Å². The van der Waals surface area contributed by atoms with Crippen molar-refractivity contribution in [1.82, 2.24) is 20.3 Å². The van der Waals surface area contributed by atoms with Crippen molar-refractivity contribution in [2.75, 3.05) is 20.3 Å². The monoisotopic (exact) mass is 414 g/mol. The molecule has 1 aliphatic rings. The predicted octanol–water partition coefficient (Wildman–Crippen LogP) is 3.70. The minimum atomic E-state index is -0.0613. The number of hydrogen-bond donors (Lipinski definition) is 2. The van der Waals surface area contributed by atoms with Crippen LogP contribution in [0.3, 0.4) is 0 Å². The van der Waals surface area contributed by atoms with E-state index >= 15 is 0 Å². The number of rotatable bonds is 7. The summed E-state index contributed by atoms with van der Waals surface area (Å²) in [6.07, 6.45) is 5.82. The van der Waals surface area contributed by atoms with E-state index < -0.39 is 0 Å². The van der Waals surface area contributed by atoms with Crippen LogP contribution < -0.4 is 5.32 Å². The van der Waals surface area contributed by atoms with Crippen LogP contribution in [-0.4, -0.2) is 53.3 Å². The van der Waals surface area contributed by atoms with E-state index in [2.05, 4.69) is 20.3 Å². The van der Waals surface area contributed by atoms with Gasteiger partial charge in [-0.2, -0.15) is 0 Å². The molecule has 3 aromatic rings. The Bertz CT molecular complexity index is 962. The zero-order valence-electron chi connectivity index (χ0n) is 16.7. The number of aromatic nitrogens is 3. The van der Waals surface area contributed by atoms with Crippen LogP contribution in [0, 0.1) is 6.92 Å². The summed E-state index contributed by atoms with van der Waals surface area (Å²) in [7, 11) is 1.68. The van der Waals surface area contributed by atoms with E-state index in [9.17, 15) is 4.79 Å². The van der Waals surface area contributed by atoms with Gasteiger partial charge in [0.05, 0.1) is 46.3 Å². The lowest BCUT2D eigenvalue weighted by Crippen LogP contribution is -2.39. The molecule has 0 bridgehead atoms. The summed E-state index contributed by atoms with van der Waals surface area (Å²) in [5.74, 6) is 0.734. The zero-order chi connectivity index (χ0) is 20.2. The number of fused-ring (bicyclic) bond motifs is 1. The number of aryl methyl sites for hydroxylation is 1. The molecule has 0 radical (unpaired) electrons. The first-order valence-electron chi connectivity index (χ1n) is 9.94. The Morgan fingerprint density at radius 2 is 2.10 bits per heavy atom. The van der Waals surface area contributed by atoms with E-state index in [0.717, 1.165) is 53.0 Å². The van der Waals surface area contributed by atoms with E-state index in [0.29, 0.717) is 18.8 Å². The number of H-pyrrole nitrogens is 1. The normalized spacial score (nSPS) is 19.5. The summed E-state index contributed by atoms with van der Waals surface area (Å²) in [5, 5.41) is 3.22. The van der Waals surface area contributed by atoms with Crippen LogP contribution in [0.4, 0.5) is 0 Å². The van der Waals surface area contributed by atoms with E-state index in [1.807, 2.05) is 25.3 Å². The smallest absolute Gasteiger partial charge is 0.253 e. The summed E-state index contributed by atoms with van der Waals surface area (Å²) >= 11 is 1.55. The number of nitrogens with one attached hydrogen (secondary N) is 2. The van der Waals surface area contributed by atoms with Gasteiger partial charge in [-0.15, -0.1) is 11.3 Å². The van der Waals surface area contributed by atoms with Crippen molar-refractivity contribution < 1.29 is 14.3 Å². The predicted molar refractivity (Wildman–Crippen MR) is 113 cm³/mol. The molecule has 4 rings (SSSR count). The molecule has 7 nitrogen and oxygen atoms in total. The Hall–Kier alpha value is -2.29. The lowest BCUT2D eigenvalue weighted by atomic mass is 9.92. The van der Waals surface area contributed by atoms with Gasteiger partial charge in [-0.3, -0.25) is 9.78 Å². The van der Waals surface area contributed by atoms with Crippen molar-refractivity contribution in [3.05, 3.63) is 35.2 Å². The van der Waals surface area contributed by atoms with Crippen LogP contribution in [0.5, 0.6) is 0 Å². The van der Waals surface area contributed by atoms with E-state index in [1.165, 1.54) is 0 Å². The van der Waals surface area contributed by atoms with Crippen LogP contribution in [0.25, 0.3) is 21.5 Å². The number of aromatic amines is 1. The first kappa shape index (κ1) is 20.0. The fraction of sp³-hybridized carbons (Fsp3) is 0.476. The fourth-order valence-corrected chi connectivity index (χ4v) is 4.46. The lowest BCUT2D eigenvalue weighted by Gasteiger charge is -2.29. The average Bonchev–Trinajstić information content (AvgIpc) is 3.37. The first-order chi connectivity index (χ1) is 14.1. The lowest BCUT2D eigenvalue weighted by molar-refractivity contribution is -0.00408. The van der Waals surface area contributed by atoms with E-state index in [1.54, 1.807) is 24.0 Å². The summed E-state index contributed by atoms with van der Waals surface area (Å²) in [4.78, 5) is 26.1. The number of carbonyl (C=O) groups is 1. The van der Waals surface area contributed by atoms with Gasteiger partial charge in [0, 0.05) is 19.3 Å². The molecule has 1 saturated carbocycles. The molecule has 0 unspecified atom stereocenters. The third-order valence-corrected chi connectivity index (χ3v) is 6.15. The van der Waals surface area contributed by atoms with Gasteiger partial charge in [0.2, 0.25) is 0 Å². The van der Waals surface area contributed by atoms with Crippen molar-refractivity contribution in [3.8, 4) is 10.4 Å². The summed E-state index contributed by atoms with van der Waals surface area (Å²) in [6.45, 7) is 3.14. The van der Waals surface area contributed by atoms with Crippen LogP contribution in [-0.2, 0) is 9.47 Å². The molecular formula is C21H26N4O3S. The van der Waals surface area contributed by atoms with Gasteiger partial charge >= 0.3 is 0 Å². The van der Waals surface area contributed by atoms with E-state index in [4.69, 9.17) is 9.47 Å². The fourth-order valence-electron chi connectivity index (χ4n) is 3.85. The average molecular weight is 415 g/mol. The van der Waals surface area contributed by atoms with Crippen LogP contribution in [0.15, 0.2) is 23.8 Å². The quantitative estimate of drug-likeness (QED) is 0.576. The molecule has 1 aromatic carbocycles. The third-order valence-electron chi connectivity index (χ3n) is 5.32. The number of ether oxygens (including phenoxy) is 2. The molecule has 1 amide bonds. The molecule has 0 aliphatic heterocycles. The van der Waals surface area contributed by atoms with Crippen molar-refractivity contribution in [1.29, 1.82) is 0 Å². The largest absolute Gasteiger partial charge is 0.382 e. The number of carbonyl (C=O) groups excluding carboxylic acids is 1. The third kappa shape index (κ3) is 4.66. The Balaban J connectivity index is 1.47. The number of nitrogens with zero attached hydrogens (tertiary/aromatic N) is 2. The van der Waals surface area contributed by atoms with Gasteiger partial charge < -0.3 is 19.8 Å². The van der Waals surface area contributed by atoms with Crippen molar-refractivity contribution in [2.45, 2.75) is 44.8 Å². The van der Waals surface area contributed by atoms with Gasteiger partial charge in [-0.25, -0.2) is 4.98 Å². The van der Waals surface area contributed by atoms with E-state index in [-0.39, 0.29) is 18.1 Å². The molecule has 1 fully saturated rings. The summed E-state index contributed by atoms with van der Waals surface area (Å²) in [5.41, 5.74) is 4.97. The number of methoxy groups -OCH3 is 1. The molecule has 0 saturated heterocycles. The van der Waals surface area contributed by atoms with Crippen LogP contribution in [0.1, 0.15) is 41.9 Å². The number of thiazole rings is 1. The second-order valence-electron chi connectivity index (χ2n) is 7.42. The molecule has 29 heavy (non-hydrogen) atoms. The van der Waals surface area contributed by atoms with Gasteiger partial charge in [0.1, 0.15) is 5.82 Å². The Morgan fingerprint density at radius 3 is 2.83 bits per heavy atom. The van der Waals surface area contributed by atoms with Crippen molar-refractivity contribution in [2.24, 2.45) is 0 Å². The maximum Gasteiger partial charge on any atom is 0.253 e. The molecule has 8 heteroatoms. The molecule has 2 aromatic heterocycles. The molecule has 2 N–H and O–H groups in total. The summed E-state index contributed by atoms with van der Waals surface area (Å²) in [6, 6.07) is 4.10. The molecule has 0 spiro atoms. The SMILES string of the molecule is COCCOC1CCC(NC(=O)c2cc(-c3cncs3)cc3nc(C)[nH]c23)CC1. The Labute approximate surface area is 173 Å². The number of imidazole rings is 1. The minimum absolute atomic E-state index is 0.0613. The molecular weight excluding hydrogens is 388 g/mol. The highest BCUT2D eigenvalue weighted by Gasteiger charge is 2.24. The second-order valence-corrected chi connectivity index (χ2v) is 8.30. The standard InChI is InChI=1S/C21H26N4O3S/c1-13-23-18-10-14(19-11-22-12-29-19)9-17(20(18)24-13)21(26)25-15-3-5-16(6-4-15)28-8-7-27-2/h9-12,15-16H,3-8H2,1-2H3,(H,23,24)(H,25,26). The van der Waals surface area contributed by atoms with Crippen LogP contribution in [0.2, 0.25) is 0 Å². The molecule has 154 valence electrons. The van der Waals surface area contributed by atoms with Gasteiger partial charge in [-0.05, 0) is 50.3 Å². The Morgan fingerprint density at radius 1 is 1.28 bits per heavy atom. The maximum absolute atomic E-state index is 13.1. The molecule has 0 atom stereocenters. The summed E-state index contributed by atoms with van der Waals surface area (Å²) < 4.78 is 10.9. The zero-order valence-corrected chi connectivity index (χ0v) is 17.6. The molecule has 1 aliphatic carbocycles. The first-order valence-corrected chi connectivity index (χ1v) is 10.8. The van der Waals surface area contributed by atoms with Crippen molar-refractivity contribution >= 4 is 28.3 Å². The highest BCUT2D eigenvalue weighted by atomic mass is 32.1. The van der Waals surface area contributed by atoms with Gasteiger partial charge in [0.25, 0.3) is 5.91 Å². The maximum atomic E-state index is 13.1. The van der Waals surface area contributed by atoms with Crippen LogP contribution >= 0.6 is 11.3 Å². The number of benzene rings is 1. The highest BCUT2D eigenvalue weighted by molar-refractivity contribution is 7.13. The Kier molecular flexibility index (Phi) is 6.22. The van der Waals surface area contributed by atoms with Crippen molar-refractivity contribution in [3.63, 3.8) is 0 Å². The second kappa shape index (κ2) is 9.02. The number of hydrogen-bond acceptors (Lipinski definition) is 6. The topological polar surface area (TPSA) is 89.1 Å². The minimum Gasteiger partial charge on any atom is -0.382 e. The van der Waals surface area contributed by atoms with Gasteiger partial charge in [-0.1, -0.05) is 0 Å². The molecule has 2 heterocycles. The highest BCUT2D eigenvalue weighted by Crippen LogP contribution is 2.29. The number of amides is 1.